The van der Waals surface area contributed by atoms with Gasteiger partial charge in [-0.3, -0.25) is 0 Å². The molecule has 0 aromatic heterocycles. The van der Waals surface area contributed by atoms with Crippen molar-refractivity contribution in [1.82, 2.24) is 0 Å². The third kappa shape index (κ3) is 3.20. The molecule has 0 aromatic rings. The fourth-order valence-corrected chi connectivity index (χ4v) is 1.53. The van der Waals surface area contributed by atoms with Gasteiger partial charge in [0, 0.05) is 0 Å². The molecule has 10 heteroatoms. The average Bonchev–Trinajstić information content (AvgIpc) is 2.18. The van der Waals surface area contributed by atoms with Crippen LogP contribution in [0.1, 0.15) is 0 Å². The Kier molecular flexibility index (Phi) is 4.06. The topological polar surface area (TPSA) is 163 Å². The Labute approximate surface area is 90.1 Å². The number of aliphatic hydroxyl groups is 4. The van der Waals surface area contributed by atoms with Gasteiger partial charge in [-0.25, -0.2) is 0 Å². The highest BCUT2D eigenvalue weighted by Gasteiger charge is 2.48. The first kappa shape index (κ1) is 14.0. The van der Waals surface area contributed by atoms with Gasteiger partial charge in [-0.2, -0.15) is 0 Å². The zero-order valence-electron chi connectivity index (χ0n) is 7.92. The number of ether oxygens (including phenoxy) is 1. The first-order valence-electron chi connectivity index (χ1n) is 4.23. The molecule has 1 aliphatic heterocycles. The maximum absolute atomic E-state index is 10.2. The number of phosphoric acid groups is 1. The largest absolute Gasteiger partial charge is 0.790 e. The summed E-state index contributed by atoms with van der Waals surface area (Å²) in [6.45, 7) is -1.71. The summed E-state index contributed by atoms with van der Waals surface area (Å²) in [5.74, 6) is -2.55. The number of hydrogen-bond donors (Lipinski definition) is 4. The summed E-state index contributed by atoms with van der Waals surface area (Å²) in [6, 6.07) is 0. The molecular formula is C6H11O9P-2. The molecule has 0 saturated carbocycles. The third-order valence-corrected chi connectivity index (χ3v) is 2.56. The van der Waals surface area contributed by atoms with Gasteiger partial charge in [0.15, 0.2) is 0 Å². The summed E-state index contributed by atoms with van der Waals surface area (Å²) in [6.07, 6.45) is -5.16. The molecule has 0 aliphatic carbocycles. The summed E-state index contributed by atoms with van der Waals surface area (Å²) in [5.41, 5.74) is 0. The molecule has 1 saturated heterocycles. The predicted octanol–water partition coefficient (Wildman–Crippen LogP) is -4.37. The minimum atomic E-state index is -5.33. The maximum atomic E-state index is 10.2. The molecule has 4 N–H and O–H groups in total. The van der Waals surface area contributed by atoms with E-state index in [-0.39, 0.29) is 0 Å². The predicted molar refractivity (Wildman–Crippen MR) is 42.5 cm³/mol. The van der Waals surface area contributed by atoms with Crippen molar-refractivity contribution in [1.29, 1.82) is 0 Å². The normalized spacial score (nSPS) is 41.0. The molecule has 0 unspecified atom stereocenters. The van der Waals surface area contributed by atoms with Crippen LogP contribution >= 0.6 is 7.82 Å². The molecule has 0 radical (unpaired) electrons. The van der Waals surface area contributed by atoms with Crippen molar-refractivity contribution in [3.8, 4) is 0 Å². The highest BCUT2D eigenvalue weighted by molar-refractivity contribution is 7.43. The molecule has 4 atom stereocenters. The van der Waals surface area contributed by atoms with E-state index in [1.165, 1.54) is 0 Å². The lowest BCUT2D eigenvalue weighted by Crippen LogP contribution is -2.62. The Morgan fingerprint density at radius 3 is 2.50 bits per heavy atom. The lowest BCUT2D eigenvalue weighted by Gasteiger charge is -2.43. The molecule has 0 amide bonds. The van der Waals surface area contributed by atoms with E-state index >= 15 is 0 Å². The second-order valence-corrected chi connectivity index (χ2v) is 4.53. The minimum Gasteiger partial charge on any atom is -0.790 e. The summed E-state index contributed by atoms with van der Waals surface area (Å²) in [4.78, 5) is 20.3. The Morgan fingerprint density at radius 2 is 2.00 bits per heavy atom. The quantitative estimate of drug-likeness (QED) is 0.366. The number of rotatable bonds is 3. The Morgan fingerprint density at radius 1 is 1.44 bits per heavy atom. The van der Waals surface area contributed by atoms with Crippen LogP contribution in [-0.4, -0.2) is 57.7 Å². The van der Waals surface area contributed by atoms with E-state index in [1.807, 2.05) is 0 Å². The third-order valence-electron chi connectivity index (χ3n) is 2.11. The summed E-state index contributed by atoms with van der Waals surface area (Å²) in [7, 11) is -5.33. The summed E-state index contributed by atoms with van der Waals surface area (Å²) < 4.78 is 18.4. The van der Waals surface area contributed by atoms with E-state index in [2.05, 4.69) is 9.26 Å². The van der Waals surface area contributed by atoms with Crippen LogP contribution in [0.2, 0.25) is 0 Å². The van der Waals surface area contributed by atoms with Crippen molar-refractivity contribution in [3.05, 3.63) is 0 Å². The molecular weight excluding hydrogens is 247 g/mol. The minimum absolute atomic E-state index is 0.542. The highest BCUT2D eigenvalue weighted by Crippen LogP contribution is 2.31. The number of phosphoric ester groups is 1. The molecule has 96 valence electrons. The van der Waals surface area contributed by atoms with E-state index in [4.69, 9.17) is 5.11 Å². The fraction of sp³-hybridized carbons (Fsp3) is 1.00. The average molecular weight is 258 g/mol. The van der Waals surface area contributed by atoms with Crippen molar-refractivity contribution >= 4 is 7.82 Å². The fourth-order valence-electron chi connectivity index (χ4n) is 1.19. The molecule has 0 bridgehead atoms. The molecule has 1 rings (SSSR count). The zero-order valence-corrected chi connectivity index (χ0v) is 8.82. The Balaban J connectivity index is 2.66. The van der Waals surface area contributed by atoms with Crippen LogP contribution in [-0.2, 0) is 13.8 Å². The lowest BCUT2D eigenvalue weighted by atomic mass is 9.98. The van der Waals surface area contributed by atoms with Gasteiger partial charge in [0.1, 0.15) is 24.9 Å². The van der Waals surface area contributed by atoms with Crippen LogP contribution in [0.5, 0.6) is 0 Å². The van der Waals surface area contributed by atoms with Gasteiger partial charge in [-0.1, -0.05) is 0 Å². The molecule has 1 heterocycles. The standard InChI is InChI=1S/C6H13O9P/c7-3-1-14-6(10,5(9)4(3)8)2-15-16(11,12)13/h3-5,7-10H,1-2H2,(H2,11,12,13)/p-2/t3-,4-,5+,6-/m1/s1. The SMILES string of the molecule is O=P([O-])([O-])OC[C@@]1(O)OC[C@@H](O)[C@@H](O)[C@@H]1O. The first-order valence-corrected chi connectivity index (χ1v) is 5.69. The lowest BCUT2D eigenvalue weighted by molar-refractivity contribution is -0.363. The molecule has 0 spiro atoms. The van der Waals surface area contributed by atoms with Gasteiger partial charge in [0.2, 0.25) is 5.79 Å². The van der Waals surface area contributed by atoms with Crippen LogP contribution < -0.4 is 9.79 Å². The van der Waals surface area contributed by atoms with Gasteiger partial charge >= 0.3 is 0 Å². The highest BCUT2D eigenvalue weighted by atomic mass is 31.2. The number of hydrogen-bond acceptors (Lipinski definition) is 9. The van der Waals surface area contributed by atoms with Crippen LogP contribution in [0.4, 0.5) is 0 Å². The Hall–Kier alpha value is -0.0900. The Bertz CT molecular complexity index is 290. The van der Waals surface area contributed by atoms with Crippen LogP contribution in [0.3, 0.4) is 0 Å². The van der Waals surface area contributed by atoms with Crippen LogP contribution in [0.15, 0.2) is 0 Å². The van der Waals surface area contributed by atoms with Crippen molar-refractivity contribution in [2.45, 2.75) is 24.1 Å². The van der Waals surface area contributed by atoms with E-state index in [0.29, 0.717) is 0 Å². The monoisotopic (exact) mass is 258 g/mol. The molecule has 9 nitrogen and oxygen atoms in total. The van der Waals surface area contributed by atoms with Crippen LogP contribution in [0.25, 0.3) is 0 Å². The second kappa shape index (κ2) is 4.65. The van der Waals surface area contributed by atoms with Crippen molar-refractivity contribution in [3.63, 3.8) is 0 Å². The van der Waals surface area contributed by atoms with Gasteiger partial charge in [0.05, 0.1) is 14.4 Å². The first-order chi connectivity index (χ1) is 7.16. The zero-order chi connectivity index (χ0) is 12.6. The van der Waals surface area contributed by atoms with Gasteiger partial charge in [0.25, 0.3) is 0 Å². The van der Waals surface area contributed by atoms with Crippen LogP contribution in [0, 0.1) is 0 Å². The van der Waals surface area contributed by atoms with E-state index in [9.17, 15) is 29.7 Å². The van der Waals surface area contributed by atoms with E-state index in [0.717, 1.165) is 0 Å². The maximum Gasteiger partial charge on any atom is 0.219 e. The van der Waals surface area contributed by atoms with E-state index in [1.54, 1.807) is 0 Å². The van der Waals surface area contributed by atoms with Crippen molar-refractivity contribution in [2.75, 3.05) is 13.2 Å². The number of aliphatic hydroxyl groups excluding tert-OH is 3. The smallest absolute Gasteiger partial charge is 0.219 e. The molecule has 16 heavy (non-hydrogen) atoms. The van der Waals surface area contributed by atoms with Gasteiger partial charge in [-0.05, 0) is 0 Å². The molecule has 1 aliphatic rings. The van der Waals surface area contributed by atoms with Gasteiger partial charge < -0.3 is 44.0 Å². The summed E-state index contributed by atoms with van der Waals surface area (Å²) >= 11 is 0. The van der Waals surface area contributed by atoms with Crippen molar-refractivity contribution < 1.29 is 44.0 Å². The van der Waals surface area contributed by atoms with Crippen molar-refractivity contribution in [2.24, 2.45) is 0 Å². The molecule has 1 fully saturated rings. The van der Waals surface area contributed by atoms with Gasteiger partial charge in [-0.15, -0.1) is 0 Å². The molecule has 0 aromatic carbocycles. The summed E-state index contributed by atoms with van der Waals surface area (Å²) in [5, 5.41) is 37.1. The second-order valence-electron chi connectivity index (χ2n) is 3.38. The van der Waals surface area contributed by atoms with E-state index < -0.39 is 45.1 Å².